The van der Waals surface area contributed by atoms with Crippen LogP contribution in [-0.4, -0.2) is 29.4 Å². The molecule has 2 heterocycles. The van der Waals surface area contributed by atoms with Crippen molar-refractivity contribution in [3.05, 3.63) is 75.0 Å². The lowest BCUT2D eigenvalue weighted by molar-refractivity contribution is 0.256. The monoisotopic (exact) mass is 457 g/mol. The summed E-state index contributed by atoms with van der Waals surface area (Å²) in [7, 11) is -3.57. The van der Waals surface area contributed by atoms with Crippen LogP contribution in [0.25, 0.3) is 0 Å². The number of rotatable bonds is 5. The number of hydrogen-bond donors (Lipinski definition) is 0. The highest BCUT2D eigenvalue weighted by molar-refractivity contribution is 7.90. The normalized spacial score (nSPS) is 21.6. The van der Waals surface area contributed by atoms with E-state index in [2.05, 4.69) is 10.1 Å². The van der Waals surface area contributed by atoms with Crippen LogP contribution < -0.4 is 0 Å². The zero-order chi connectivity index (χ0) is 20.1. The van der Waals surface area contributed by atoms with Gasteiger partial charge in [0, 0.05) is 32.5 Å². The fourth-order valence-electron chi connectivity index (χ4n) is 3.29. The van der Waals surface area contributed by atoms with Gasteiger partial charge < -0.3 is 4.74 Å². The van der Waals surface area contributed by atoms with Gasteiger partial charge in [0.15, 0.2) is 0 Å². The van der Waals surface area contributed by atoms with Crippen molar-refractivity contribution < 1.29 is 13.2 Å². The molecule has 2 atom stereocenters. The van der Waals surface area contributed by atoms with E-state index in [0.717, 1.165) is 11.8 Å². The highest BCUT2D eigenvalue weighted by Gasteiger charge is 2.60. The third kappa shape index (κ3) is 3.42. The Morgan fingerprint density at radius 2 is 1.89 bits per heavy atom. The van der Waals surface area contributed by atoms with E-state index >= 15 is 0 Å². The van der Waals surface area contributed by atoms with Crippen molar-refractivity contribution in [2.75, 3.05) is 6.26 Å². The smallest absolute Gasteiger partial charge is 0.245 e. The van der Waals surface area contributed by atoms with Gasteiger partial charge in [-0.1, -0.05) is 59.1 Å². The van der Waals surface area contributed by atoms with Crippen molar-refractivity contribution in [1.29, 1.82) is 0 Å². The van der Waals surface area contributed by atoms with Gasteiger partial charge in [-0.3, -0.25) is 0 Å². The SMILES string of the molecule is CS(=O)(=O)c1ncnn1CC1(c2ccccc2Cl)OC1c1ccc(Cl)cc1Cl. The molecular formula is C18H14Cl3N3O3S. The van der Waals surface area contributed by atoms with Crippen LogP contribution in [0.2, 0.25) is 15.1 Å². The summed E-state index contributed by atoms with van der Waals surface area (Å²) < 4.78 is 31.5. The van der Waals surface area contributed by atoms with E-state index in [1.807, 2.05) is 18.2 Å². The second-order valence-corrected chi connectivity index (χ2v) is 9.67. The van der Waals surface area contributed by atoms with Gasteiger partial charge in [-0.25, -0.2) is 18.1 Å². The maximum absolute atomic E-state index is 12.0. The van der Waals surface area contributed by atoms with Gasteiger partial charge in [0.2, 0.25) is 15.0 Å². The molecule has 1 aromatic heterocycles. The van der Waals surface area contributed by atoms with E-state index in [1.54, 1.807) is 24.3 Å². The summed E-state index contributed by atoms with van der Waals surface area (Å²) in [5, 5.41) is 5.39. The minimum Gasteiger partial charge on any atom is -0.354 e. The predicted molar refractivity (Wildman–Crippen MR) is 107 cm³/mol. The molecule has 1 aliphatic rings. The van der Waals surface area contributed by atoms with Crippen molar-refractivity contribution in [1.82, 2.24) is 14.8 Å². The third-order valence-electron chi connectivity index (χ3n) is 4.57. The summed E-state index contributed by atoms with van der Waals surface area (Å²) in [4.78, 5) is 3.87. The number of halogens is 3. The Labute approximate surface area is 176 Å². The molecule has 1 fully saturated rings. The average molecular weight is 459 g/mol. The molecule has 0 N–H and O–H groups in total. The zero-order valence-electron chi connectivity index (χ0n) is 14.5. The van der Waals surface area contributed by atoms with Gasteiger partial charge in [0.1, 0.15) is 18.0 Å². The molecule has 28 heavy (non-hydrogen) atoms. The average Bonchev–Trinajstić information content (AvgIpc) is 3.10. The molecule has 0 spiro atoms. The molecule has 0 radical (unpaired) electrons. The number of nitrogens with zero attached hydrogens (tertiary/aromatic N) is 3. The predicted octanol–water partition coefficient (Wildman–Crippen LogP) is 4.31. The molecule has 2 unspecified atom stereocenters. The largest absolute Gasteiger partial charge is 0.354 e. The van der Waals surface area contributed by atoms with Crippen LogP contribution in [0.5, 0.6) is 0 Å². The van der Waals surface area contributed by atoms with E-state index in [0.29, 0.717) is 20.6 Å². The standard InChI is InChI=1S/C18H14Cl3N3O3S/c1-28(25,26)17-22-10-23-24(17)9-18(13-4-2-3-5-14(13)20)16(27-18)12-7-6-11(19)8-15(12)21/h2-8,10,16H,9H2,1H3. The van der Waals surface area contributed by atoms with E-state index in [-0.39, 0.29) is 11.7 Å². The molecule has 4 rings (SSSR count). The lowest BCUT2D eigenvalue weighted by atomic mass is 9.91. The van der Waals surface area contributed by atoms with E-state index in [4.69, 9.17) is 39.5 Å². The number of sulfone groups is 1. The van der Waals surface area contributed by atoms with E-state index in [9.17, 15) is 8.42 Å². The van der Waals surface area contributed by atoms with E-state index < -0.39 is 21.5 Å². The van der Waals surface area contributed by atoms with Crippen LogP contribution in [-0.2, 0) is 26.7 Å². The van der Waals surface area contributed by atoms with Crippen LogP contribution in [0.3, 0.4) is 0 Å². The Bertz CT molecular complexity index is 1170. The summed E-state index contributed by atoms with van der Waals surface area (Å²) in [6.45, 7) is 0.1000. The molecule has 0 bridgehead atoms. The van der Waals surface area contributed by atoms with Crippen LogP contribution in [0.15, 0.2) is 53.9 Å². The van der Waals surface area contributed by atoms with Gasteiger partial charge in [-0.2, -0.15) is 5.10 Å². The first-order valence-electron chi connectivity index (χ1n) is 8.18. The Morgan fingerprint density at radius 1 is 1.14 bits per heavy atom. The second kappa shape index (κ2) is 7.00. The molecule has 10 heteroatoms. The molecule has 0 amide bonds. The van der Waals surface area contributed by atoms with Crippen molar-refractivity contribution in [3.63, 3.8) is 0 Å². The Kier molecular flexibility index (Phi) is 4.92. The quantitative estimate of drug-likeness (QED) is 0.532. The highest BCUT2D eigenvalue weighted by Crippen LogP contribution is 2.60. The van der Waals surface area contributed by atoms with Crippen LogP contribution in [0, 0.1) is 0 Å². The highest BCUT2D eigenvalue weighted by atomic mass is 35.5. The molecule has 146 valence electrons. The molecule has 0 aliphatic carbocycles. The summed E-state index contributed by atoms with van der Waals surface area (Å²) in [6.07, 6.45) is 1.83. The zero-order valence-corrected chi connectivity index (χ0v) is 17.6. The van der Waals surface area contributed by atoms with Gasteiger partial charge >= 0.3 is 0 Å². The molecular weight excluding hydrogens is 445 g/mol. The van der Waals surface area contributed by atoms with Crippen molar-refractivity contribution >= 4 is 44.6 Å². The first-order valence-corrected chi connectivity index (χ1v) is 11.2. The first kappa shape index (κ1) is 19.7. The summed E-state index contributed by atoms with van der Waals surface area (Å²) in [5.41, 5.74) is 0.498. The molecule has 2 aromatic carbocycles. The topological polar surface area (TPSA) is 77.4 Å². The third-order valence-corrected chi connectivity index (χ3v) is 6.44. The fraction of sp³-hybridized carbons (Fsp3) is 0.222. The van der Waals surface area contributed by atoms with Crippen molar-refractivity contribution in [3.8, 4) is 0 Å². The lowest BCUT2D eigenvalue weighted by Crippen LogP contribution is -2.23. The van der Waals surface area contributed by atoms with Gasteiger partial charge in [-0.05, 0) is 18.2 Å². The number of epoxide rings is 1. The van der Waals surface area contributed by atoms with Gasteiger partial charge in [-0.15, -0.1) is 0 Å². The summed E-state index contributed by atoms with van der Waals surface area (Å²) >= 11 is 18.8. The molecule has 0 saturated carbocycles. The molecule has 1 saturated heterocycles. The molecule has 6 nitrogen and oxygen atoms in total. The maximum atomic E-state index is 12.0. The lowest BCUT2D eigenvalue weighted by Gasteiger charge is -2.17. The number of benzene rings is 2. The summed E-state index contributed by atoms with van der Waals surface area (Å²) in [6, 6.07) is 12.4. The summed E-state index contributed by atoms with van der Waals surface area (Å²) in [5.74, 6) is 0. The number of ether oxygens (including phenoxy) is 1. The number of aromatic nitrogens is 3. The van der Waals surface area contributed by atoms with Crippen LogP contribution >= 0.6 is 34.8 Å². The van der Waals surface area contributed by atoms with E-state index in [1.165, 1.54) is 11.0 Å². The van der Waals surface area contributed by atoms with Crippen LogP contribution in [0.1, 0.15) is 17.2 Å². The molecule has 1 aliphatic heterocycles. The van der Waals surface area contributed by atoms with Gasteiger partial charge in [0.25, 0.3) is 0 Å². The van der Waals surface area contributed by atoms with Crippen molar-refractivity contribution in [2.24, 2.45) is 0 Å². The van der Waals surface area contributed by atoms with Crippen molar-refractivity contribution in [2.45, 2.75) is 23.4 Å². The molecule has 3 aromatic rings. The fourth-order valence-corrected chi connectivity index (χ4v) is 4.83. The first-order chi connectivity index (χ1) is 13.2. The Morgan fingerprint density at radius 3 is 2.57 bits per heavy atom. The minimum atomic E-state index is -3.57. The Balaban J connectivity index is 1.82. The minimum absolute atomic E-state index is 0.1000. The number of hydrogen-bond acceptors (Lipinski definition) is 5. The van der Waals surface area contributed by atoms with Gasteiger partial charge in [0.05, 0.1) is 6.54 Å². The second-order valence-electron chi connectivity index (χ2n) is 6.51. The van der Waals surface area contributed by atoms with Crippen LogP contribution in [0.4, 0.5) is 0 Å². The maximum Gasteiger partial charge on any atom is 0.245 e. The Hall–Kier alpha value is -1.64.